The summed E-state index contributed by atoms with van der Waals surface area (Å²) in [6.45, 7) is 4.36. The molecule has 1 aliphatic heterocycles. The van der Waals surface area contributed by atoms with Crippen molar-refractivity contribution in [3.05, 3.63) is 18.2 Å². The number of aliphatic imine (C=N–C) groups is 1. The first-order valence-corrected chi connectivity index (χ1v) is 12.4. The van der Waals surface area contributed by atoms with Gasteiger partial charge in [-0.2, -0.15) is 0 Å². The minimum absolute atomic E-state index is 0.0857. The Kier molecular flexibility index (Phi) is 11.3. The molecule has 14 heteroatoms. The molecule has 0 aromatic carbocycles. The third-order valence-electron chi connectivity index (χ3n) is 6.05. The van der Waals surface area contributed by atoms with E-state index in [0.717, 1.165) is 0 Å². The van der Waals surface area contributed by atoms with Crippen LogP contribution >= 0.6 is 0 Å². The zero-order valence-corrected chi connectivity index (χ0v) is 21.4. The van der Waals surface area contributed by atoms with E-state index in [4.69, 9.17) is 17.2 Å². The molecule has 0 spiro atoms. The summed E-state index contributed by atoms with van der Waals surface area (Å²) >= 11 is 0. The van der Waals surface area contributed by atoms with Gasteiger partial charge in [-0.1, -0.05) is 13.8 Å². The van der Waals surface area contributed by atoms with E-state index in [9.17, 15) is 24.3 Å². The highest BCUT2D eigenvalue weighted by atomic mass is 16.4. The summed E-state index contributed by atoms with van der Waals surface area (Å²) in [5.41, 5.74) is 17.3. The molecule has 10 N–H and O–H groups in total. The van der Waals surface area contributed by atoms with Crippen LogP contribution in [0.5, 0.6) is 0 Å². The molecule has 1 aliphatic rings. The number of nitrogens with two attached hydrogens (primary N) is 3. The predicted molar refractivity (Wildman–Crippen MR) is 136 cm³/mol. The lowest BCUT2D eigenvalue weighted by Crippen LogP contribution is -2.57. The molecule has 0 bridgehead atoms. The summed E-state index contributed by atoms with van der Waals surface area (Å²) < 4.78 is 0. The van der Waals surface area contributed by atoms with Crippen LogP contribution in [0.2, 0.25) is 0 Å². The second kappa shape index (κ2) is 14.2. The second-order valence-electron chi connectivity index (χ2n) is 9.62. The van der Waals surface area contributed by atoms with Gasteiger partial charge in [-0.15, -0.1) is 0 Å². The number of carboxylic acid groups (broad SMARTS) is 1. The number of nitrogens with one attached hydrogen (secondary N) is 3. The van der Waals surface area contributed by atoms with Gasteiger partial charge < -0.3 is 42.8 Å². The molecule has 1 aromatic rings. The van der Waals surface area contributed by atoms with Crippen molar-refractivity contribution in [2.24, 2.45) is 28.1 Å². The van der Waals surface area contributed by atoms with Crippen molar-refractivity contribution >= 4 is 29.7 Å². The Morgan fingerprint density at radius 2 is 1.92 bits per heavy atom. The van der Waals surface area contributed by atoms with Crippen LogP contribution in [0.1, 0.15) is 51.6 Å². The van der Waals surface area contributed by atoms with Gasteiger partial charge in [-0.05, 0) is 38.0 Å². The molecule has 2 heterocycles. The summed E-state index contributed by atoms with van der Waals surface area (Å²) in [7, 11) is 0. The molecule has 3 amide bonds. The lowest BCUT2D eigenvalue weighted by Gasteiger charge is -2.29. The molecule has 4 atom stereocenters. The summed E-state index contributed by atoms with van der Waals surface area (Å²) in [5, 5.41) is 14.9. The molecule has 206 valence electrons. The summed E-state index contributed by atoms with van der Waals surface area (Å²) in [5.74, 6) is -2.63. The van der Waals surface area contributed by atoms with Crippen molar-refractivity contribution in [1.29, 1.82) is 0 Å². The number of carbonyl (C=O) groups excluding carboxylic acids is 3. The lowest BCUT2D eigenvalue weighted by atomic mass is 10.0. The third-order valence-corrected chi connectivity index (χ3v) is 6.05. The maximum Gasteiger partial charge on any atom is 0.326 e. The average Bonchev–Trinajstić information content (AvgIpc) is 3.51. The molecule has 1 saturated heterocycles. The van der Waals surface area contributed by atoms with Crippen LogP contribution in [0.15, 0.2) is 17.5 Å². The maximum atomic E-state index is 13.4. The van der Waals surface area contributed by atoms with Gasteiger partial charge in [0.2, 0.25) is 17.7 Å². The van der Waals surface area contributed by atoms with E-state index >= 15 is 0 Å². The minimum atomic E-state index is -1.10. The van der Waals surface area contributed by atoms with E-state index in [2.05, 4.69) is 25.6 Å². The number of nitrogens with zero attached hydrogens (tertiary/aromatic N) is 3. The highest BCUT2D eigenvalue weighted by Crippen LogP contribution is 2.20. The number of hydrogen-bond acceptors (Lipinski definition) is 7. The smallest absolute Gasteiger partial charge is 0.326 e. The molecule has 0 saturated carbocycles. The molecular weight excluding hydrogens is 482 g/mol. The van der Waals surface area contributed by atoms with Gasteiger partial charge in [-0.25, -0.2) is 9.78 Å². The molecule has 0 aliphatic carbocycles. The minimum Gasteiger partial charge on any atom is -0.480 e. The van der Waals surface area contributed by atoms with Gasteiger partial charge in [0.1, 0.15) is 18.1 Å². The summed E-state index contributed by atoms with van der Waals surface area (Å²) in [4.78, 5) is 63.1. The molecule has 37 heavy (non-hydrogen) atoms. The average molecular weight is 522 g/mol. The van der Waals surface area contributed by atoms with Gasteiger partial charge in [0.05, 0.1) is 12.4 Å². The highest BCUT2D eigenvalue weighted by molar-refractivity contribution is 5.94. The number of aromatic amines is 1. The van der Waals surface area contributed by atoms with Crippen LogP contribution in [0.4, 0.5) is 0 Å². The quantitative estimate of drug-likeness (QED) is 0.0848. The second-order valence-corrected chi connectivity index (χ2v) is 9.62. The van der Waals surface area contributed by atoms with E-state index in [1.807, 2.05) is 13.8 Å². The van der Waals surface area contributed by atoms with E-state index in [-0.39, 0.29) is 37.8 Å². The van der Waals surface area contributed by atoms with Crippen molar-refractivity contribution in [3.8, 4) is 0 Å². The maximum absolute atomic E-state index is 13.4. The van der Waals surface area contributed by atoms with Crippen LogP contribution < -0.4 is 27.8 Å². The van der Waals surface area contributed by atoms with Crippen molar-refractivity contribution in [1.82, 2.24) is 25.5 Å². The molecule has 0 radical (unpaired) electrons. The van der Waals surface area contributed by atoms with Crippen molar-refractivity contribution in [3.63, 3.8) is 0 Å². The molecule has 4 unspecified atom stereocenters. The first kappa shape index (κ1) is 29.5. The van der Waals surface area contributed by atoms with Crippen molar-refractivity contribution in [2.45, 2.75) is 76.5 Å². The first-order valence-electron chi connectivity index (χ1n) is 12.4. The number of likely N-dealkylation sites (tertiary alicyclic amines) is 1. The Labute approximate surface area is 215 Å². The Morgan fingerprint density at radius 3 is 2.51 bits per heavy atom. The fourth-order valence-corrected chi connectivity index (χ4v) is 4.24. The topological polar surface area (TPSA) is 235 Å². The van der Waals surface area contributed by atoms with Gasteiger partial charge in [0.15, 0.2) is 5.96 Å². The number of guanidine groups is 1. The largest absolute Gasteiger partial charge is 0.480 e. The number of aliphatic carboxylic acids is 1. The first-order chi connectivity index (χ1) is 17.5. The number of amides is 3. The van der Waals surface area contributed by atoms with E-state index in [1.165, 1.54) is 17.4 Å². The summed E-state index contributed by atoms with van der Waals surface area (Å²) in [6, 6.07) is -3.85. The van der Waals surface area contributed by atoms with Crippen molar-refractivity contribution in [2.75, 3.05) is 13.1 Å². The fourth-order valence-electron chi connectivity index (χ4n) is 4.24. The Balaban J connectivity index is 2.21. The van der Waals surface area contributed by atoms with Crippen LogP contribution in [-0.2, 0) is 25.6 Å². The zero-order chi connectivity index (χ0) is 27.5. The SMILES string of the molecule is CC(C)CC(N)C(=O)NC(Cc1cnc[nH]1)C(=O)NC(CCCN=C(N)N)C(=O)N1CCCC1C(=O)O. The van der Waals surface area contributed by atoms with E-state index in [0.29, 0.717) is 31.4 Å². The van der Waals surface area contributed by atoms with Crippen LogP contribution in [-0.4, -0.2) is 86.9 Å². The Hall–Kier alpha value is -3.68. The van der Waals surface area contributed by atoms with Crippen LogP contribution in [0.25, 0.3) is 0 Å². The lowest BCUT2D eigenvalue weighted by molar-refractivity contribution is -0.149. The van der Waals surface area contributed by atoms with Gasteiger partial charge >= 0.3 is 5.97 Å². The number of carboxylic acids is 1. The van der Waals surface area contributed by atoms with Crippen LogP contribution in [0.3, 0.4) is 0 Å². The fraction of sp³-hybridized carbons (Fsp3) is 0.652. The standard InChI is InChI=1S/C23H39N9O5/c1-13(2)9-15(24)19(33)31-17(10-14-11-27-12-29-14)20(34)30-16(5-3-7-28-23(25)26)21(35)32-8-4-6-18(32)22(36)37/h11-13,15-18H,3-10,24H2,1-2H3,(H,27,29)(H,30,34)(H,31,33)(H,36,37)(H4,25,26,28). The number of rotatable bonds is 14. The monoisotopic (exact) mass is 521 g/mol. The Bertz CT molecular complexity index is 946. The van der Waals surface area contributed by atoms with Gasteiger partial charge in [-0.3, -0.25) is 19.4 Å². The van der Waals surface area contributed by atoms with E-state index in [1.54, 1.807) is 0 Å². The van der Waals surface area contributed by atoms with Crippen molar-refractivity contribution < 1.29 is 24.3 Å². The molecule has 1 aromatic heterocycles. The molecule has 2 rings (SSSR count). The molecular formula is C23H39N9O5. The van der Waals surface area contributed by atoms with E-state index < -0.39 is 47.9 Å². The Morgan fingerprint density at radius 1 is 1.22 bits per heavy atom. The molecule has 14 nitrogen and oxygen atoms in total. The zero-order valence-electron chi connectivity index (χ0n) is 21.4. The molecule has 1 fully saturated rings. The number of H-pyrrole nitrogens is 1. The number of imidazole rings is 1. The number of aromatic nitrogens is 2. The predicted octanol–water partition coefficient (Wildman–Crippen LogP) is -1.58. The normalized spacial score (nSPS) is 17.6. The highest BCUT2D eigenvalue weighted by Gasteiger charge is 2.38. The summed E-state index contributed by atoms with van der Waals surface area (Å²) in [6.07, 6.45) is 4.90. The third kappa shape index (κ3) is 9.37. The number of carbonyl (C=O) groups is 4. The van der Waals surface area contributed by atoms with Gasteiger partial charge in [0, 0.05) is 31.4 Å². The van der Waals surface area contributed by atoms with Crippen LogP contribution in [0, 0.1) is 5.92 Å². The van der Waals surface area contributed by atoms with Gasteiger partial charge in [0.25, 0.3) is 0 Å². The number of hydrogen-bond donors (Lipinski definition) is 7.